The largest absolute Gasteiger partial charge is 0.379 e. The summed E-state index contributed by atoms with van der Waals surface area (Å²) in [6.07, 6.45) is 4.10. The molecule has 0 bridgehead atoms. The number of amides is 1. The molecule has 1 fully saturated rings. The molecule has 0 unspecified atom stereocenters. The number of aromatic nitrogens is 5. The van der Waals surface area contributed by atoms with Crippen LogP contribution in [-0.4, -0.2) is 48.8 Å². The van der Waals surface area contributed by atoms with Gasteiger partial charge in [-0.3, -0.25) is 9.48 Å². The van der Waals surface area contributed by atoms with Gasteiger partial charge in [0.15, 0.2) is 0 Å². The van der Waals surface area contributed by atoms with Crippen molar-refractivity contribution in [2.45, 2.75) is 18.5 Å². The number of carbonyl (C=O) groups is 1. The second kappa shape index (κ2) is 8.15. The number of anilines is 2. The Bertz CT molecular complexity index is 1400. The normalized spacial score (nSPS) is 19.2. The highest BCUT2D eigenvalue weighted by atomic mass is 35.5. The number of rotatable bonds is 5. The van der Waals surface area contributed by atoms with E-state index in [1.54, 1.807) is 23.1 Å². The number of nitrogens with one attached hydrogen (secondary N) is 1. The number of carbonyl (C=O) groups excluding carboxylic acids is 1. The van der Waals surface area contributed by atoms with Crippen molar-refractivity contribution in [1.82, 2.24) is 29.6 Å². The van der Waals surface area contributed by atoms with Crippen LogP contribution in [0.2, 0.25) is 5.02 Å². The molecule has 3 aromatic heterocycles. The molecule has 0 radical (unpaired) electrons. The third-order valence-corrected chi connectivity index (χ3v) is 7.69. The van der Waals surface area contributed by atoms with Crippen molar-refractivity contribution in [3.8, 4) is 10.7 Å². The minimum atomic E-state index is -0.520. The van der Waals surface area contributed by atoms with Gasteiger partial charge in [-0.25, -0.2) is 15.0 Å². The first-order valence-electron chi connectivity index (χ1n) is 10.8. The predicted octanol–water partition coefficient (Wildman–Crippen LogP) is 4.00. The van der Waals surface area contributed by atoms with E-state index < -0.39 is 5.54 Å². The first-order valence-corrected chi connectivity index (χ1v) is 12.0. The summed E-state index contributed by atoms with van der Waals surface area (Å²) in [5.41, 5.74) is 1.59. The second-order valence-electron chi connectivity index (χ2n) is 8.28. The van der Waals surface area contributed by atoms with Crippen LogP contribution in [0.5, 0.6) is 0 Å². The molecular formula is C23H20ClN7O2S. The van der Waals surface area contributed by atoms with Crippen molar-refractivity contribution in [3.63, 3.8) is 0 Å². The summed E-state index contributed by atoms with van der Waals surface area (Å²) in [5, 5.41) is 8.63. The molecule has 34 heavy (non-hydrogen) atoms. The molecule has 2 aliphatic rings. The van der Waals surface area contributed by atoms with Crippen LogP contribution in [0.4, 0.5) is 11.8 Å². The van der Waals surface area contributed by atoms with E-state index in [2.05, 4.69) is 20.4 Å². The molecule has 2 aliphatic heterocycles. The van der Waals surface area contributed by atoms with E-state index in [1.807, 2.05) is 42.3 Å². The zero-order chi connectivity index (χ0) is 23.3. The summed E-state index contributed by atoms with van der Waals surface area (Å²) in [4.78, 5) is 30.0. The van der Waals surface area contributed by atoms with Crippen LogP contribution >= 0.6 is 22.9 Å². The van der Waals surface area contributed by atoms with Crippen molar-refractivity contribution in [2.24, 2.45) is 7.05 Å². The molecule has 11 heteroatoms. The number of thiazole rings is 1. The summed E-state index contributed by atoms with van der Waals surface area (Å²) in [6, 6.07) is 11.2. The zero-order valence-corrected chi connectivity index (χ0v) is 19.8. The average molecular weight is 494 g/mol. The zero-order valence-electron chi connectivity index (χ0n) is 18.2. The maximum absolute atomic E-state index is 13.5. The molecular weight excluding hydrogens is 474 g/mol. The Hall–Kier alpha value is -3.34. The predicted molar refractivity (Wildman–Crippen MR) is 128 cm³/mol. The lowest BCUT2D eigenvalue weighted by molar-refractivity contribution is 0.0464. The number of hydrogen-bond donors (Lipinski definition) is 1. The average Bonchev–Trinajstić information content (AvgIpc) is 3.60. The highest BCUT2D eigenvalue weighted by Gasteiger charge is 2.54. The quantitative estimate of drug-likeness (QED) is 0.448. The second-order valence-corrected chi connectivity index (χ2v) is 9.72. The van der Waals surface area contributed by atoms with Crippen molar-refractivity contribution in [1.29, 1.82) is 0 Å². The van der Waals surface area contributed by atoms with Gasteiger partial charge in [-0.15, -0.1) is 11.3 Å². The number of nitrogens with zero attached hydrogens (tertiary/aromatic N) is 6. The fourth-order valence-electron chi connectivity index (χ4n) is 4.47. The first-order chi connectivity index (χ1) is 16.5. The molecule has 0 saturated carbocycles. The molecule has 4 aromatic rings. The van der Waals surface area contributed by atoms with Gasteiger partial charge in [0.05, 0.1) is 17.7 Å². The van der Waals surface area contributed by atoms with E-state index in [4.69, 9.17) is 21.3 Å². The van der Waals surface area contributed by atoms with Gasteiger partial charge in [0.25, 0.3) is 5.91 Å². The Morgan fingerprint density at radius 2 is 2.15 bits per heavy atom. The van der Waals surface area contributed by atoms with Crippen LogP contribution in [0.15, 0.2) is 48.8 Å². The Balaban J connectivity index is 1.34. The van der Waals surface area contributed by atoms with Crippen LogP contribution in [0, 0.1) is 0 Å². The Morgan fingerprint density at radius 1 is 1.24 bits per heavy atom. The van der Waals surface area contributed by atoms with Crippen molar-refractivity contribution >= 4 is 40.6 Å². The fraction of sp³-hybridized carbons (Fsp3) is 0.261. The third-order valence-electron chi connectivity index (χ3n) is 6.18. The molecule has 1 spiro atoms. The molecule has 5 heterocycles. The highest BCUT2D eigenvalue weighted by molar-refractivity contribution is 7.15. The summed E-state index contributed by atoms with van der Waals surface area (Å²) in [5.74, 6) is 1.11. The van der Waals surface area contributed by atoms with E-state index in [0.29, 0.717) is 47.1 Å². The number of aryl methyl sites for hydroxylation is 1. The summed E-state index contributed by atoms with van der Waals surface area (Å²) >= 11 is 7.68. The van der Waals surface area contributed by atoms with E-state index in [-0.39, 0.29) is 5.91 Å². The Labute approximate surface area is 204 Å². The van der Waals surface area contributed by atoms with Gasteiger partial charge < -0.3 is 15.0 Å². The third kappa shape index (κ3) is 3.46. The summed E-state index contributed by atoms with van der Waals surface area (Å²) in [6.45, 7) is 1.50. The van der Waals surface area contributed by atoms with Crippen LogP contribution in [0.25, 0.3) is 10.7 Å². The lowest BCUT2D eigenvalue weighted by atomic mass is 9.96. The minimum Gasteiger partial charge on any atom is -0.379 e. The molecule has 1 amide bonds. The molecule has 9 nitrogen and oxygen atoms in total. The van der Waals surface area contributed by atoms with Gasteiger partial charge >= 0.3 is 0 Å². The van der Waals surface area contributed by atoms with Crippen LogP contribution < -0.4 is 5.32 Å². The molecule has 1 saturated heterocycles. The van der Waals surface area contributed by atoms with Crippen LogP contribution in [-0.2, 0) is 23.9 Å². The standard InChI is InChI=1S/C23H20ClN7O2S/c1-30-17(6-9-26-30)28-22-25-8-5-16(27-22)20-29-18-19(34-20)23(7-10-33-13-23)31(21(18)32)12-14-3-2-4-15(24)11-14/h2-6,8-9,11H,7,10,12-13H2,1H3,(H,25,27,28)/t23-/m1/s1. The number of fused-ring (bicyclic) bond motifs is 2. The van der Waals surface area contributed by atoms with E-state index in [1.165, 1.54) is 11.3 Å². The monoisotopic (exact) mass is 493 g/mol. The van der Waals surface area contributed by atoms with E-state index in [0.717, 1.165) is 22.7 Å². The number of benzene rings is 1. The van der Waals surface area contributed by atoms with Crippen molar-refractivity contribution in [3.05, 3.63) is 69.9 Å². The number of hydrogen-bond acceptors (Lipinski definition) is 8. The topological polar surface area (TPSA) is 98.1 Å². The molecule has 1 atom stereocenters. The fourth-order valence-corrected chi connectivity index (χ4v) is 5.92. The number of halogens is 1. The van der Waals surface area contributed by atoms with E-state index >= 15 is 0 Å². The van der Waals surface area contributed by atoms with Gasteiger partial charge in [-0.2, -0.15) is 5.10 Å². The Morgan fingerprint density at radius 3 is 2.91 bits per heavy atom. The van der Waals surface area contributed by atoms with Crippen molar-refractivity contribution < 1.29 is 9.53 Å². The molecule has 1 aromatic carbocycles. The maximum atomic E-state index is 13.5. The molecule has 6 rings (SSSR count). The van der Waals surface area contributed by atoms with Gasteiger partial charge in [-0.1, -0.05) is 23.7 Å². The lowest BCUT2D eigenvalue weighted by Crippen LogP contribution is -2.43. The van der Waals surface area contributed by atoms with Crippen molar-refractivity contribution in [2.75, 3.05) is 18.5 Å². The summed E-state index contributed by atoms with van der Waals surface area (Å²) < 4.78 is 7.50. The summed E-state index contributed by atoms with van der Waals surface area (Å²) in [7, 11) is 1.83. The van der Waals surface area contributed by atoms with Gasteiger partial charge in [0.1, 0.15) is 27.8 Å². The first kappa shape index (κ1) is 21.2. The lowest BCUT2D eigenvalue weighted by Gasteiger charge is -2.34. The van der Waals surface area contributed by atoms with Gasteiger partial charge in [0.2, 0.25) is 5.95 Å². The van der Waals surface area contributed by atoms with Gasteiger partial charge in [0, 0.05) is 43.9 Å². The SMILES string of the molecule is Cn1nccc1Nc1nccc(-c2nc3c(s2)[C@]2(CCOC2)N(Cc2cccc(Cl)c2)C3=O)n1. The van der Waals surface area contributed by atoms with E-state index in [9.17, 15) is 4.79 Å². The smallest absolute Gasteiger partial charge is 0.274 e. The number of ether oxygens (including phenoxy) is 1. The molecule has 0 aliphatic carbocycles. The Kier molecular flexibility index (Phi) is 5.09. The molecule has 1 N–H and O–H groups in total. The maximum Gasteiger partial charge on any atom is 0.274 e. The van der Waals surface area contributed by atoms with Crippen LogP contribution in [0.1, 0.15) is 27.3 Å². The molecule has 172 valence electrons. The highest BCUT2D eigenvalue weighted by Crippen LogP contribution is 2.49. The minimum absolute atomic E-state index is 0.0923. The van der Waals surface area contributed by atoms with Gasteiger partial charge in [-0.05, 0) is 23.8 Å². The van der Waals surface area contributed by atoms with Crippen LogP contribution in [0.3, 0.4) is 0 Å².